The van der Waals surface area contributed by atoms with Crippen LogP contribution in [-0.4, -0.2) is 47.1 Å². The highest BCUT2D eigenvalue weighted by Crippen LogP contribution is 2.24. The minimum absolute atomic E-state index is 0. The van der Waals surface area contributed by atoms with Gasteiger partial charge in [0.25, 0.3) is 0 Å². The summed E-state index contributed by atoms with van der Waals surface area (Å²) in [5, 5.41) is 52.0. The van der Waals surface area contributed by atoms with Gasteiger partial charge in [0, 0.05) is 36.4 Å². The highest BCUT2D eigenvalue weighted by atomic mass is 16.3. The zero-order valence-corrected chi connectivity index (χ0v) is 20.3. The summed E-state index contributed by atoms with van der Waals surface area (Å²) in [6.07, 6.45) is 0. The molecule has 0 fully saturated rings. The summed E-state index contributed by atoms with van der Waals surface area (Å²) in [7, 11) is 0. The normalized spacial score (nSPS) is 8.42. The van der Waals surface area contributed by atoms with Crippen molar-refractivity contribution in [3.8, 4) is 34.5 Å². The molecule has 4 aromatic rings. The lowest BCUT2D eigenvalue weighted by molar-refractivity contribution is 0.426. The predicted octanol–water partition coefficient (Wildman–Crippen LogP) is 3.43. The second-order valence-electron chi connectivity index (χ2n) is 7.23. The molecule has 0 aliphatic heterocycles. The molecule has 0 saturated carbocycles. The molecule has 198 valence electrons. The second kappa shape index (κ2) is 18.9. The first-order valence-corrected chi connectivity index (χ1v) is 10.0. The SMILES string of the molecule is Cc1cc(C)cc(C)c1.O.O.O.Oc1cc(O)cc(O)c1.Oc1cc(O)cc(O)c1.c1ccccc1. The molecule has 36 heavy (non-hydrogen) atoms. The molecule has 12 N–H and O–H groups in total. The largest absolute Gasteiger partial charge is 0.508 e. The molecule has 0 aromatic heterocycles. The van der Waals surface area contributed by atoms with Gasteiger partial charge in [0.05, 0.1) is 0 Å². The van der Waals surface area contributed by atoms with Crippen LogP contribution in [0.2, 0.25) is 0 Å². The van der Waals surface area contributed by atoms with Crippen LogP contribution >= 0.6 is 0 Å². The Bertz CT molecular complexity index is 822. The topological polar surface area (TPSA) is 216 Å². The summed E-state index contributed by atoms with van der Waals surface area (Å²) >= 11 is 0. The fraction of sp³-hybridized carbons (Fsp3) is 0.111. The average Bonchev–Trinajstić information content (AvgIpc) is 2.67. The first-order chi connectivity index (χ1) is 15.5. The molecule has 9 heteroatoms. The van der Waals surface area contributed by atoms with E-state index in [2.05, 4.69) is 39.0 Å². The van der Waals surface area contributed by atoms with Gasteiger partial charge in [0.2, 0.25) is 0 Å². The molecule has 4 rings (SSSR count). The lowest BCUT2D eigenvalue weighted by atomic mass is 10.1. The van der Waals surface area contributed by atoms with Crippen molar-refractivity contribution in [1.82, 2.24) is 0 Å². The van der Waals surface area contributed by atoms with Crippen LogP contribution in [-0.2, 0) is 0 Å². The number of hydrogen-bond donors (Lipinski definition) is 6. The molecule has 0 amide bonds. The Morgan fingerprint density at radius 1 is 0.306 bits per heavy atom. The van der Waals surface area contributed by atoms with Crippen LogP contribution < -0.4 is 0 Å². The van der Waals surface area contributed by atoms with E-state index in [0.717, 1.165) is 36.4 Å². The van der Waals surface area contributed by atoms with Gasteiger partial charge in [-0.15, -0.1) is 0 Å². The molecule has 0 bridgehead atoms. The van der Waals surface area contributed by atoms with Crippen molar-refractivity contribution in [3.63, 3.8) is 0 Å². The summed E-state index contributed by atoms with van der Waals surface area (Å²) in [5.74, 6) is -0.875. The minimum atomic E-state index is -0.146. The predicted molar refractivity (Wildman–Crippen MR) is 141 cm³/mol. The first kappa shape index (κ1) is 36.1. The Kier molecular flexibility index (Phi) is 19.0. The molecule has 0 atom stereocenters. The van der Waals surface area contributed by atoms with Gasteiger partial charge in [0.1, 0.15) is 34.5 Å². The van der Waals surface area contributed by atoms with Gasteiger partial charge in [-0.05, 0) is 20.8 Å². The molecule has 9 nitrogen and oxygen atoms in total. The van der Waals surface area contributed by atoms with E-state index in [9.17, 15) is 0 Å². The van der Waals surface area contributed by atoms with Crippen molar-refractivity contribution >= 4 is 0 Å². The standard InChI is InChI=1S/C9H12.2C6H6O3.C6H6.3H2O/c1-7-4-8(2)6-9(3)5-7;2*7-4-1-5(8)3-6(9)2-4;1-2-4-6-5-3-1;;;/h4-6H,1-3H3;2*1-3,7-9H;1-6H;3*1H2. The Morgan fingerprint density at radius 3 is 0.583 bits per heavy atom. The van der Waals surface area contributed by atoms with Crippen molar-refractivity contribution in [3.05, 3.63) is 108 Å². The Balaban J connectivity index is -0.000000396. The van der Waals surface area contributed by atoms with E-state index in [1.165, 1.54) is 16.7 Å². The van der Waals surface area contributed by atoms with Crippen LogP contribution in [0.25, 0.3) is 0 Å². The quantitative estimate of drug-likeness (QED) is 0.211. The molecule has 0 aliphatic rings. The Hall–Kier alpha value is -4.44. The van der Waals surface area contributed by atoms with E-state index >= 15 is 0 Å². The van der Waals surface area contributed by atoms with Gasteiger partial charge < -0.3 is 47.1 Å². The molecule has 0 radical (unpaired) electrons. The maximum Gasteiger partial charge on any atom is 0.122 e. The van der Waals surface area contributed by atoms with Crippen LogP contribution in [0.1, 0.15) is 16.7 Å². The fourth-order valence-corrected chi connectivity index (χ4v) is 2.75. The Morgan fingerprint density at radius 2 is 0.444 bits per heavy atom. The molecule has 0 aliphatic carbocycles. The van der Waals surface area contributed by atoms with Crippen molar-refractivity contribution < 1.29 is 47.1 Å². The highest BCUT2D eigenvalue weighted by molar-refractivity contribution is 5.40. The molecule has 0 spiro atoms. The Labute approximate surface area is 210 Å². The van der Waals surface area contributed by atoms with Gasteiger partial charge in [-0.25, -0.2) is 0 Å². The third-order valence-corrected chi connectivity index (χ3v) is 3.81. The van der Waals surface area contributed by atoms with Crippen LogP contribution in [0.15, 0.2) is 91.0 Å². The van der Waals surface area contributed by atoms with Crippen molar-refractivity contribution in [2.75, 3.05) is 0 Å². The first-order valence-electron chi connectivity index (χ1n) is 10.0. The number of benzene rings is 4. The summed E-state index contributed by atoms with van der Waals surface area (Å²) < 4.78 is 0. The summed E-state index contributed by atoms with van der Waals surface area (Å²) in [4.78, 5) is 0. The molecule has 0 unspecified atom stereocenters. The summed E-state index contributed by atoms with van der Waals surface area (Å²) in [6.45, 7) is 6.38. The summed E-state index contributed by atoms with van der Waals surface area (Å²) in [6, 6.07) is 25.4. The lowest BCUT2D eigenvalue weighted by Gasteiger charge is -1.96. The monoisotopic (exact) mass is 504 g/mol. The van der Waals surface area contributed by atoms with Crippen LogP contribution in [0.5, 0.6) is 34.5 Å². The van der Waals surface area contributed by atoms with Crippen molar-refractivity contribution in [2.24, 2.45) is 0 Å². The molecular formula is C27H36O9. The van der Waals surface area contributed by atoms with E-state index in [-0.39, 0.29) is 50.9 Å². The van der Waals surface area contributed by atoms with Gasteiger partial charge >= 0.3 is 0 Å². The van der Waals surface area contributed by atoms with Crippen LogP contribution in [0, 0.1) is 20.8 Å². The number of aryl methyl sites for hydroxylation is 3. The van der Waals surface area contributed by atoms with E-state index in [0.29, 0.717) is 0 Å². The van der Waals surface area contributed by atoms with Gasteiger partial charge in [-0.1, -0.05) is 71.3 Å². The van der Waals surface area contributed by atoms with Gasteiger partial charge in [-0.2, -0.15) is 0 Å². The third-order valence-electron chi connectivity index (χ3n) is 3.81. The highest BCUT2D eigenvalue weighted by Gasteiger charge is 1.95. The van der Waals surface area contributed by atoms with Crippen LogP contribution in [0.3, 0.4) is 0 Å². The number of rotatable bonds is 0. The second-order valence-corrected chi connectivity index (χ2v) is 7.23. The number of phenolic OH excluding ortho intramolecular Hbond substituents is 6. The minimum Gasteiger partial charge on any atom is -0.508 e. The maximum atomic E-state index is 8.67. The molecule has 0 heterocycles. The van der Waals surface area contributed by atoms with Crippen LogP contribution in [0.4, 0.5) is 0 Å². The zero-order valence-electron chi connectivity index (χ0n) is 20.3. The number of phenols is 6. The smallest absolute Gasteiger partial charge is 0.122 e. The van der Waals surface area contributed by atoms with E-state index in [4.69, 9.17) is 30.6 Å². The number of hydrogen-bond acceptors (Lipinski definition) is 6. The number of aromatic hydroxyl groups is 6. The van der Waals surface area contributed by atoms with Gasteiger partial charge in [-0.3, -0.25) is 0 Å². The van der Waals surface area contributed by atoms with Crippen molar-refractivity contribution in [2.45, 2.75) is 20.8 Å². The van der Waals surface area contributed by atoms with E-state index in [1.807, 2.05) is 36.4 Å². The lowest BCUT2D eigenvalue weighted by Crippen LogP contribution is -1.78. The molecule has 4 aromatic carbocycles. The molecule has 0 saturated heterocycles. The molecular weight excluding hydrogens is 468 g/mol. The average molecular weight is 505 g/mol. The van der Waals surface area contributed by atoms with Gasteiger partial charge in [0.15, 0.2) is 0 Å². The fourth-order valence-electron chi connectivity index (χ4n) is 2.75. The van der Waals surface area contributed by atoms with Crippen molar-refractivity contribution in [1.29, 1.82) is 0 Å². The zero-order chi connectivity index (χ0) is 24.8. The van der Waals surface area contributed by atoms with E-state index < -0.39 is 0 Å². The maximum absolute atomic E-state index is 8.67. The third kappa shape index (κ3) is 17.1. The summed E-state index contributed by atoms with van der Waals surface area (Å²) in [5.41, 5.74) is 4.06. The van der Waals surface area contributed by atoms with E-state index in [1.54, 1.807) is 0 Å².